The first-order valence-corrected chi connectivity index (χ1v) is 6.32. The molecule has 0 aliphatic carbocycles. The number of aromatic nitrogens is 2. The van der Waals surface area contributed by atoms with Crippen LogP contribution in [0, 0.1) is 13.8 Å². The number of aromatic amines is 1. The van der Waals surface area contributed by atoms with Gasteiger partial charge < -0.3 is 10.7 Å². The van der Waals surface area contributed by atoms with Gasteiger partial charge in [-0.2, -0.15) is 0 Å². The first-order valence-electron chi connectivity index (χ1n) is 5.44. The minimum Gasteiger partial charge on any atom is -0.389 e. The van der Waals surface area contributed by atoms with E-state index in [9.17, 15) is 0 Å². The van der Waals surface area contributed by atoms with Gasteiger partial charge in [-0.1, -0.05) is 11.6 Å². The summed E-state index contributed by atoms with van der Waals surface area (Å²) in [5, 5.41) is 1.96. The van der Waals surface area contributed by atoms with Crippen LogP contribution in [0.15, 0.2) is 23.8 Å². The molecule has 2 aromatic heterocycles. The zero-order chi connectivity index (χ0) is 12.0. The average molecular weight is 243 g/mol. The predicted molar refractivity (Wildman–Crippen MR) is 73.3 cm³/mol. The number of nitrogens with two attached hydrogens (primary N) is 1. The van der Waals surface area contributed by atoms with Crippen LogP contribution in [-0.4, -0.2) is 9.97 Å². The second-order valence-electron chi connectivity index (χ2n) is 4.27. The summed E-state index contributed by atoms with van der Waals surface area (Å²) < 4.78 is 0. The fourth-order valence-electron chi connectivity index (χ4n) is 2.25. The number of benzene rings is 1. The Morgan fingerprint density at radius 1 is 1.29 bits per heavy atom. The van der Waals surface area contributed by atoms with E-state index < -0.39 is 0 Å². The molecule has 0 aliphatic heterocycles. The number of hydrogen-bond donors (Lipinski definition) is 2. The maximum absolute atomic E-state index is 5.94. The topological polar surface area (TPSA) is 54.7 Å². The molecule has 0 bridgehead atoms. The van der Waals surface area contributed by atoms with E-state index in [-0.39, 0.29) is 0 Å². The highest BCUT2D eigenvalue weighted by Gasteiger charge is 2.12. The van der Waals surface area contributed by atoms with Crippen LogP contribution < -0.4 is 5.73 Å². The molecule has 0 saturated carbocycles. The quantitative estimate of drug-likeness (QED) is 0.687. The molecule has 0 fully saturated rings. The zero-order valence-electron chi connectivity index (χ0n) is 9.74. The van der Waals surface area contributed by atoms with Gasteiger partial charge in [-0.05, 0) is 25.5 Å². The Hall–Kier alpha value is -1.81. The molecule has 0 aliphatic rings. The lowest BCUT2D eigenvalue weighted by molar-refractivity contribution is 1.38. The molecule has 0 amide bonds. The molecule has 1 aromatic carbocycles. The van der Waals surface area contributed by atoms with Crippen molar-refractivity contribution in [3.63, 3.8) is 0 Å². The summed E-state index contributed by atoms with van der Waals surface area (Å²) in [6, 6.07) is 4.35. The van der Waals surface area contributed by atoms with Crippen molar-refractivity contribution >= 4 is 27.2 Å². The molecule has 3 nitrogen and oxygen atoms in total. The highest BCUT2D eigenvalue weighted by molar-refractivity contribution is 7.14. The van der Waals surface area contributed by atoms with Gasteiger partial charge in [0.1, 0.15) is 10.7 Å². The normalized spacial score (nSPS) is 11.2. The van der Waals surface area contributed by atoms with E-state index in [4.69, 9.17) is 5.73 Å². The molecule has 2 heterocycles. The van der Waals surface area contributed by atoms with Crippen LogP contribution in [0.3, 0.4) is 0 Å². The average Bonchev–Trinajstić information content (AvgIpc) is 2.84. The van der Waals surface area contributed by atoms with Crippen LogP contribution in [0.2, 0.25) is 0 Å². The Balaban J connectivity index is 2.36. The summed E-state index contributed by atoms with van der Waals surface area (Å²) in [6.07, 6.45) is 1.99. The molecule has 3 rings (SSSR count). The highest BCUT2D eigenvalue weighted by Crippen LogP contribution is 2.34. The summed E-state index contributed by atoms with van der Waals surface area (Å²) in [5.41, 5.74) is 13.4. The number of nitrogen functional groups attached to an aromatic ring is 1. The summed E-state index contributed by atoms with van der Waals surface area (Å²) in [6.45, 7) is 4.22. The molecule has 0 radical (unpaired) electrons. The number of anilines is 1. The molecule has 0 spiro atoms. The van der Waals surface area contributed by atoms with Gasteiger partial charge >= 0.3 is 0 Å². The molecule has 3 aromatic rings. The van der Waals surface area contributed by atoms with E-state index in [2.05, 4.69) is 35.9 Å². The third-order valence-corrected chi connectivity index (χ3v) is 3.64. The Morgan fingerprint density at radius 3 is 2.82 bits per heavy atom. The highest BCUT2D eigenvalue weighted by atomic mass is 32.1. The molecule has 17 heavy (non-hydrogen) atoms. The Kier molecular flexibility index (Phi) is 2.19. The summed E-state index contributed by atoms with van der Waals surface area (Å²) in [7, 11) is 0. The van der Waals surface area contributed by atoms with Crippen molar-refractivity contribution in [1.82, 2.24) is 9.97 Å². The fourth-order valence-corrected chi connectivity index (χ4v) is 2.79. The van der Waals surface area contributed by atoms with E-state index in [1.54, 1.807) is 5.51 Å². The second kappa shape index (κ2) is 3.60. The van der Waals surface area contributed by atoms with Gasteiger partial charge in [-0.25, -0.2) is 4.98 Å². The number of H-pyrrole nitrogens is 1. The van der Waals surface area contributed by atoms with Crippen molar-refractivity contribution in [2.75, 3.05) is 5.73 Å². The molecule has 4 heteroatoms. The predicted octanol–water partition coefficient (Wildman–Crippen LogP) is 3.49. The van der Waals surface area contributed by atoms with Crippen molar-refractivity contribution in [2.45, 2.75) is 13.8 Å². The van der Waals surface area contributed by atoms with Crippen molar-refractivity contribution in [3.8, 4) is 11.3 Å². The molecular formula is C13H13N3S. The fraction of sp³-hybridized carbons (Fsp3) is 0.154. The van der Waals surface area contributed by atoms with Crippen molar-refractivity contribution < 1.29 is 0 Å². The largest absolute Gasteiger partial charge is 0.389 e. The Bertz CT molecular complexity index is 694. The molecule has 0 atom stereocenters. The lowest BCUT2D eigenvalue weighted by Crippen LogP contribution is -1.85. The van der Waals surface area contributed by atoms with Gasteiger partial charge in [0.25, 0.3) is 0 Å². The monoisotopic (exact) mass is 243 g/mol. The number of hydrogen-bond acceptors (Lipinski definition) is 3. The van der Waals surface area contributed by atoms with Crippen LogP contribution >= 0.6 is 11.3 Å². The Morgan fingerprint density at radius 2 is 2.12 bits per heavy atom. The van der Waals surface area contributed by atoms with Gasteiger partial charge in [0.15, 0.2) is 0 Å². The number of rotatable bonds is 1. The minimum absolute atomic E-state index is 0.769. The third-order valence-electron chi connectivity index (χ3n) is 2.98. The van der Waals surface area contributed by atoms with Gasteiger partial charge in [0.05, 0.1) is 5.51 Å². The van der Waals surface area contributed by atoms with Crippen LogP contribution in [0.25, 0.3) is 22.2 Å². The first-order chi connectivity index (χ1) is 8.16. The van der Waals surface area contributed by atoms with Gasteiger partial charge in [-0.15, -0.1) is 11.3 Å². The van der Waals surface area contributed by atoms with E-state index in [0.29, 0.717) is 0 Å². The number of nitrogens with zero attached hydrogens (tertiary/aromatic N) is 1. The summed E-state index contributed by atoms with van der Waals surface area (Å²) in [4.78, 5) is 7.65. The summed E-state index contributed by atoms with van der Waals surface area (Å²) >= 11 is 1.47. The number of thiazole rings is 1. The number of fused-ring (bicyclic) bond motifs is 1. The van der Waals surface area contributed by atoms with Crippen LogP contribution in [0.4, 0.5) is 5.00 Å². The van der Waals surface area contributed by atoms with E-state index >= 15 is 0 Å². The molecule has 0 unspecified atom stereocenters. The second-order valence-corrected chi connectivity index (χ2v) is 5.16. The SMILES string of the molecule is Cc1cc(C)c2[nH]cc(-c3ncsc3N)c2c1. The maximum atomic E-state index is 5.94. The summed E-state index contributed by atoms with van der Waals surface area (Å²) in [5.74, 6) is 0. The van der Waals surface area contributed by atoms with Gasteiger partial charge in [0.2, 0.25) is 0 Å². The van der Waals surface area contributed by atoms with Crippen LogP contribution in [0.5, 0.6) is 0 Å². The number of aryl methyl sites for hydroxylation is 2. The smallest absolute Gasteiger partial charge is 0.114 e. The number of nitrogens with one attached hydrogen (secondary N) is 1. The molecule has 86 valence electrons. The molecule has 3 N–H and O–H groups in total. The standard InChI is InChI=1S/C13H13N3S/c1-7-3-8(2)11-9(4-7)10(5-15-11)12-13(14)17-6-16-12/h3-6,15H,14H2,1-2H3. The zero-order valence-corrected chi connectivity index (χ0v) is 10.6. The van der Waals surface area contributed by atoms with Gasteiger partial charge in [0, 0.05) is 22.7 Å². The first kappa shape index (κ1) is 10.4. The van der Waals surface area contributed by atoms with Crippen molar-refractivity contribution in [1.29, 1.82) is 0 Å². The van der Waals surface area contributed by atoms with Crippen LogP contribution in [0.1, 0.15) is 11.1 Å². The van der Waals surface area contributed by atoms with Crippen LogP contribution in [-0.2, 0) is 0 Å². The Labute approximate surface area is 103 Å². The maximum Gasteiger partial charge on any atom is 0.114 e. The van der Waals surface area contributed by atoms with E-state index in [1.165, 1.54) is 27.8 Å². The minimum atomic E-state index is 0.769. The lowest BCUT2D eigenvalue weighted by atomic mass is 10.0. The molecular weight excluding hydrogens is 230 g/mol. The molecule has 0 saturated heterocycles. The van der Waals surface area contributed by atoms with Crippen molar-refractivity contribution in [3.05, 3.63) is 35.0 Å². The third kappa shape index (κ3) is 1.52. The lowest BCUT2D eigenvalue weighted by Gasteiger charge is -2.01. The van der Waals surface area contributed by atoms with Gasteiger partial charge in [-0.3, -0.25) is 0 Å². The van der Waals surface area contributed by atoms with Crippen molar-refractivity contribution in [2.24, 2.45) is 0 Å². The van der Waals surface area contributed by atoms with E-state index in [1.807, 2.05) is 6.20 Å². The van der Waals surface area contributed by atoms with E-state index in [0.717, 1.165) is 21.8 Å².